The maximum atomic E-state index is 12.2. The van der Waals surface area contributed by atoms with E-state index in [0.717, 1.165) is 31.6 Å². The number of furan rings is 1. The smallest absolute Gasteiger partial charge is 0.389 e. The molecule has 2 heterocycles. The van der Waals surface area contributed by atoms with Crippen molar-refractivity contribution in [3.05, 3.63) is 24.2 Å². The van der Waals surface area contributed by atoms with Crippen molar-refractivity contribution in [2.75, 3.05) is 26.2 Å². The molecule has 0 aromatic carbocycles. The van der Waals surface area contributed by atoms with Crippen molar-refractivity contribution >= 4 is 29.9 Å². The van der Waals surface area contributed by atoms with Crippen LogP contribution in [0.25, 0.3) is 0 Å². The van der Waals surface area contributed by atoms with Crippen molar-refractivity contribution in [3.63, 3.8) is 0 Å². The minimum Gasteiger partial charge on any atom is -0.469 e. The summed E-state index contributed by atoms with van der Waals surface area (Å²) >= 11 is 0. The van der Waals surface area contributed by atoms with Crippen molar-refractivity contribution in [1.29, 1.82) is 0 Å². The second kappa shape index (κ2) is 13.2. The summed E-state index contributed by atoms with van der Waals surface area (Å²) in [5.41, 5.74) is 0. The van der Waals surface area contributed by atoms with Crippen molar-refractivity contribution in [2.24, 2.45) is 4.99 Å². The van der Waals surface area contributed by atoms with Gasteiger partial charge in [0.2, 0.25) is 0 Å². The van der Waals surface area contributed by atoms with Crippen LogP contribution in [-0.4, -0.2) is 44.5 Å². The number of rotatable bonds is 9. The van der Waals surface area contributed by atoms with Gasteiger partial charge in [-0.1, -0.05) is 0 Å². The van der Waals surface area contributed by atoms with E-state index in [1.807, 2.05) is 12.1 Å². The molecular formula is C18H29F3IN3O2. The van der Waals surface area contributed by atoms with Gasteiger partial charge < -0.3 is 19.8 Å². The van der Waals surface area contributed by atoms with Gasteiger partial charge in [-0.05, 0) is 44.2 Å². The molecule has 1 aliphatic rings. The van der Waals surface area contributed by atoms with E-state index in [-0.39, 0.29) is 36.5 Å². The van der Waals surface area contributed by atoms with Gasteiger partial charge in [-0.3, -0.25) is 4.99 Å². The van der Waals surface area contributed by atoms with Gasteiger partial charge in [0.05, 0.1) is 18.9 Å². The van der Waals surface area contributed by atoms with Gasteiger partial charge in [-0.15, -0.1) is 24.0 Å². The fraction of sp³-hybridized carbons (Fsp3) is 0.722. The molecule has 0 bridgehead atoms. The zero-order chi connectivity index (χ0) is 18.7. The molecule has 0 aliphatic carbocycles. The molecule has 1 fully saturated rings. The molecule has 1 unspecified atom stereocenters. The summed E-state index contributed by atoms with van der Waals surface area (Å²) in [5.74, 6) is 1.48. The molecule has 0 amide bonds. The molecule has 156 valence electrons. The van der Waals surface area contributed by atoms with Crippen LogP contribution >= 0.6 is 24.0 Å². The first kappa shape index (κ1) is 24.1. The maximum Gasteiger partial charge on any atom is 0.389 e. The quantitative estimate of drug-likeness (QED) is 0.229. The average Bonchev–Trinajstić information content (AvgIpc) is 3.12. The number of nitrogens with zero attached hydrogens (tertiary/aromatic N) is 1. The van der Waals surface area contributed by atoms with Crippen molar-refractivity contribution < 1.29 is 22.3 Å². The van der Waals surface area contributed by atoms with E-state index < -0.39 is 12.6 Å². The number of unbranched alkanes of at least 4 members (excludes halogenated alkanes) is 1. The Balaban J connectivity index is 0.00000364. The zero-order valence-corrected chi connectivity index (χ0v) is 17.7. The first-order valence-electron chi connectivity index (χ1n) is 9.26. The second-order valence-electron chi connectivity index (χ2n) is 6.43. The van der Waals surface area contributed by atoms with E-state index in [1.54, 1.807) is 6.26 Å². The predicted octanol–water partition coefficient (Wildman–Crippen LogP) is 4.28. The highest BCUT2D eigenvalue weighted by atomic mass is 127. The highest BCUT2D eigenvalue weighted by molar-refractivity contribution is 14.0. The lowest BCUT2D eigenvalue weighted by Gasteiger charge is -2.21. The Morgan fingerprint density at radius 2 is 2.00 bits per heavy atom. The van der Waals surface area contributed by atoms with Gasteiger partial charge in [-0.2, -0.15) is 13.2 Å². The maximum absolute atomic E-state index is 12.2. The second-order valence-corrected chi connectivity index (χ2v) is 6.43. The minimum atomic E-state index is -4.09. The topological polar surface area (TPSA) is 58.8 Å². The third-order valence-electron chi connectivity index (χ3n) is 4.15. The number of aliphatic imine (C=N–C) groups is 1. The van der Waals surface area contributed by atoms with Crippen LogP contribution < -0.4 is 10.6 Å². The van der Waals surface area contributed by atoms with Crippen LogP contribution in [0.1, 0.15) is 44.3 Å². The van der Waals surface area contributed by atoms with Gasteiger partial charge in [0, 0.05) is 32.5 Å². The van der Waals surface area contributed by atoms with Gasteiger partial charge in [0.1, 0.15) is 5.76 Å². The molecule has 5 nitrogen and oxygen atoms in total. The molecular weight excluding hydrogens is 474 g/mol. The Hall–Kier alpha value is -0.970. The van der Waals surface area contributed by atoms with Crippen LogP contribution in [0.2, 0.25) is 0 Å². The summed E-state index contributed by atoms with van der Waals surface area (Å²) in [4.78, 5) is 4.53. The number of hydrogen-bond donors (Lipinski definition) is 2. The molecule has 9 heteroatoms. The third-order valence-corrected chi connectivity index (χ3v) is 4.15. The van der Waals surface area contributed by atoms with Gasteiger partial charge >= 0.3 is 6.18 Å². The largest absolute Gasteiger partial charge is 0.469 e. The van der Waals surface area contributed by atoms with Crippen LogP contribution in [0, 0.1) is 0 Å². The van der Waals surface area contributed by atoms with Crippen LogP contribution in [0.3, 0.4) is 0 Å². The number of guanidine groups is 1. The fourth-order valence-corrected chi connectivity index (χ4v) is 2.73. The van der Waals surface area contributed by atoms with E-state index in [0.29, 0.717) is 38.4 Å². The fourth-order valence-electron chi connectivity index (χ4n) is 2.73. The third kappa shape index (κ3) is 11.5. The number of ether oxygens (including phenoxy) is 1. The van der Waals surface area contributed by atoms with E-state index in [9.17, 15) is 13.2 Å². The molecule has 27 heavy (non-hydrogen) atoms. The molecule has 2 rings (SSSR count). The Bertz CT molecular complexity index is 518. The zero-order valence-electron chi connectivity index (χ0n) is 15.4. The minimum absolute atomic E-state index is 0. The number of hydrogen-bond acceptors (Lipinski definition) is 3. The Morgan fingerprint density at radius 1 is 1.19 bits per heavy atom. The lowest BCUT2D eigenvalue weighted by molar-refractivity contribution is -0.135. The summed E-state index contributed by atoms with van der Waals surface area (Å²) in [6.07, 6.45) is 1.41. The molecule has 1 aromatic heterocycles. The SMILES string of the molecule is FC(F)(F)CCCCNC(=NCC1CCCCO1)NCCc1ccco1.I. The van der Waals surface area contributed by atoms with Gasteiger partial charge in [0.15, 0.2) is 5.96 Å². The lowest BCUT2D eigenvalue weighted by atomic mass is 10.1. The van der Waals surface area contributed by atoms with Crippen molar-refractivity contribution in [3.8, 4) is 0 Å². The molecule has 0 radical (unpaired) electrons. The number of nitrogens with one attached hydrogen (secondary N) is 2. The highest BCUT2D eigenvalue weighted by Gasteiger charge is 2.25. The van der Waals surface area contributed by atoms with Crippen LogP contribution in [0.4, 0.5) is 13.2 Å². The Labute approximate surface area is 175 Å². The normalized spacial score (nSPS) is 18.0. The van der Waals surface area contributed by atoms with Crippen LogP contribution in [0.5, 0.6) is 0 Å². The van der Waals surface area contributed by atoms with Gasteiger partial charge in [-0.25, -0.2) is 0 Å². The first-order valence-corrected chi connectivity index (χ1v) is 9.26. The molecule has 1 aliphatic heterocycles. The molecule has 2 N–H and O–H groups in total. The molecule has 0 spiro atoms. The monoisotopic (exact) mass is 503 g/mol. The van der Waals surface area contributed by atoms with E-state index >= 15 is 0 Å². The summed E-state index contributed by atoms with van der Waals surface area (Å²) < 4.78 is 47.5. The van der Waals surface area contributed by atoms with E-state index in [1.165, 1.54) is 0 Å². The summed E-state index contributed by atoms with van der Waals surface area (Å²) in [6.45, 7) is 2.41. The van der Waals surface area contributed by atoms with Crippen LogP contribution in [-0.2, 0) is 11.2 Å². The molecule has 1 aromatic rings. The average molecular weight is 503 g/mol. The Kier molecular flexibility index (Phi) is 11.8. The summed E-state index contributed by atoms with van der Waals surface area (Å²) in [5, 5.41) is 6.32. The van der Waals surface area contributed by atoms with Crippen LogP contribution in [0.15, 0.2) is 27.8 Å². The first-order chi connectivity index (χ1) is 12.5. The van der Waals surface area contributed by atoms with E-state index in [2.05, 4.69) is 15.6 Å². The number of halogens is 4. The Morgan fingerprint density at radius 3 is 2.67 bits per heavy atom. The molecule has 0 saturated carbocycles. The molecule has 1 atom stereocenters. The predicted molar refractivity (Wildman–Crippen MR) is 110 cm³/mol. The summed E-state index contributed by atoms with van der Waals surface area (Å²) in [6, 6.07) is 3.74. The van der Waals surface area contributed by atoms with Gasteiger partial charge in [0.25, 0.3) is 0 Å². The van der Waals surface area contributed by atoms with Crippen molar-refractivity contribution in [2.45, 2.75) is 57.2 Å². The summed E-state index contributed by atoms with van der Waals surface area (Å²) in [7, 11) is 0. The highest BCUT2D eigenvalue weighted by Crippen LogP contribution is 2.21. The molecule has 1 saturated heterocycles. The van der Waals surface area contributed by atoms with E-state index in [4.69, 9.17) is 9.15 Å². The standard InChI is InChI=1S/C18H28F3N3O2.HI/c19-18(20,21)9-2-3-10-22-17(23-11-8-15-7-5-13-25-15)24-14-16-6-1-4-12-26-16;/h5,7,13,16H,1-4,6,8-12,14H2,(H2,22,23,24);1H. The number of alkyl halides is 3. The van der Waals surface area contributed by atoms with Crippen molar-refractivity contribution in [1.82, 2.24) is 10.6 Å². The lowest BCUT2D eigenvalue weighted by Crippen LogP contribution is -2.39.